The number of hydrogen-bond donors (Lipinski definition) is 2. The van der Waals surface area contributed by atoms with Gasteiger partial charge in [-0.05, 0) is 44.6 Å². The average Bonchev–Trinajstić information content (AvgIpc) is 2.63. The molecule has 1 amide bonds. The van der Waals surface area contributed by atoms with Gasteiger partial charge in [-0.2, -0.15) is 0 Å². The quantitative estimate of drug-likeness (QED) is 0.888. The van der Waals surface area contributed by atoms with E-state index in [1.807, 2.05) is 13.8 Å². The number of amides is 1. The zero-order valence-corrected chi connectivity index (χ0v) is 12.9. The molecule has 19 heavy (non-hydrogen) atoms. The second-order valence-electron chi connectivity index (χ2n) is 5.77. The van der Waals surface area contributed by atoms with E-state index in [0.29, 0.717) is 5.00 Å². The van der Waals surface area contributed by atoms with Crippen LogP contribution in [-0.2, 0) is 12.8 Å². The van der Waals surface area contributed by atoms with Crippen molar-refractivity contribution in [2.75, 3.05) is 5.73 Å². The molecule has 3 nitrogen and oxygen atoms in total. The van der Waals surface area contributed by atoms with Gasteiger partial charge in [0.25, 0.3) is 5.91 Å². The van der Waals surface area contributed by atoms with Gasteiger partial charge < -0.3 is 11.1 Å². The standard InChI is InChI=1S/C15H24N2OS/c1-4-5-10-6-7-11-12(8-10)19-14(16)13(11)15(18)17-9(2)3/h9-10H,4-8,16H2,1-3H3,(H,17,18). The molecule has 1 heterocycles. The van der Waals surface area contributed by atoms with Crippen molar-refractivity contribution in [3.8, 4) is 0 Å². The van der Waals surface area contributed by atoms with Crippen LogP contribution in [0.4, 0.5) is 5.00 Å². The molecule has 0 spiro atoms. The molecule has 0 aromatic carbocycles. The van der Waals surface area contributed by atoms with Gasteiger partial charge in [0.05, 0.1) is 10.6 Å². The number of nitrogens with one attached hydrogen (secondary N) is 1. The third-order valence-electron chi connectivity index (χ3n) is 3.74. The van der Waals surface area contributed by atoms with E-state index in [2.05, 4.69) is 12.2 Å². The minimum atomic E-state index is -0.000980. The third-order valence-corrected chi connectivity index (χ3v) is 4.82. The predicted molar refractivity (Wildman–Crippen MR) is 81.8 cm³/mol. The lowest BCUT2D eigenvalue weighted by molar-refractivity contribution is 0.0943. The average molecular weight is 280 g/mol. The van der Waals surface area contributed by atoms with Crippen LogP contribution in [0.5, 0.6) is 0 Å². The molecule has 3 N–H and O–H groups in total. The molecule has 1 aliphatic rings. The van der Waals surface area contributed by atoms with Crippen molar-refractivity contribution in [2.45, 2.75) is 58.9 Å². The summed E-state index contributed by atoms with van der Waals surface area (Å²) in [7, 11) is 0. The van der Waals surface area contributed by atoms with Crippen LogP contribution < -0.4 is 11.1 Å². The minimum absolute atomic E-state index is 0.000980. The van der Waals surface area contributed by atoms with E-state index in [0.717, 1.165) is 24.3 Å². The highest BCUT2D eigenvalue weighted by molar-refractivity contribution is 7.16. The van der Waals surface area contributed by atoms with E-state index in [9.17, 15) is 4.79 Å². The Morgan fingerprint density at radius 1 is 1.53 bits per heavy atom. The van der Waals surface area contributed by atoms with Crippen molar-refractivity contribution >= 4 is 22.2 Å². The molecular weight excluding hydrogens is 256 g/mol. The van der Waals surface area contributed by atoms with Gasteiger partial charge in [0.15, 0.2) is 0 Å². The number of nitrogen functional groups attached to an aromatic ring is 1. The van der Waals surface area contributed by atoms with Crippen molar-refractivity contribution in [3.05, 3.63) is 16.0 Å². The molecule has 106 valence electrons. The highest BCUT2D eigenvalue weighted by Crippen LogP contribution is 2.39. The highest BCUT2D eigenvalue weighted by atomic mass is 32.1. The van der Waals surface area contributed by atoms with E-state index in [4.69, 9.17) is 5.73 Å². The molecule has 1 aromatic heterocycles. The number of nitrogens with two attached hydrogens (primary N) is 1. The lowest BCUT2D eigenvalue weighted by atomic mass is 9.84. The molecule has 0 radical (unpaired) electrons. The molecular formula is C15H24N2OS. The van der Waals surface area contributed by atoms with E-state index < -0.39 is 0 Å². The van der Waals surface area contributed by atoms with Crippen LogP contribution in [0.25, 0.3) is 0 Å². The van der Waals surface area contributed by atoms with E-state index in [1.165, 1.54) is 29.7 Å². The molecule has 4 heteroatoms. The van der Waals surface area contributed by atoms with E-state index >= 15 is 0 Å². The number of rotatable bonds is 4. The summed E-state index contributed by atoms with van der Waals surface area (Å²) in [4.78, 5) is 13.6. The van der Waals surface area contributed by atoms with Gasteiger partial charge in [-0.1, -0.05) is 19.8 Å². The zero-order chi connectivity index (χ0) is 14.0. The maximum atomic E-state index is 12.2. The number of carbonyl (C=O) groups excluding carboxylic acids is 1. The molecule has 0 saturated heterocycles. The van der Waals surface area contributed by atoms with Crippen LogP contribution in [0.2, 0.25) is 0 Å². The van der Waals surface area contributed by atoms with Crippen molar-refractivity contribution in [2.24, 2.45) is 5.92 Å². The first-order valence-electron chi connectivity index (χ1n) is 7.23. The van der Waals surface area contributed by atoms with Crippen LogP contribution in [-0.4, -0.2) is 11.9 Å². The van der Waals surface area contributed by atoms with Crippen molar-refractivity contribution < 1.29 is 4.79 Å². The fourth-order valence-corrected chi connectivity index (χ4v) is 4.14. The Labute approximate surface area is 119 Å². The summed E-state index contributed by atoms with van der Waals surface area (Å²) < 4.78 is 0. The Kier molecular flexibility index (Phi) is 4.50. The molecule has 0 fully saturated rings. The van der Waals surface area contributed by atoms with Gasteiger partial charge in [-0.3, -0.25) is 4.79 Å². The highest BCUT2D eigenvalue weighted by Gasteiger charge is 2.27. The largest absolute Gasteiger partial charge is 0.390 e. The number of fused-ring (bicyclic) bond motifs is 1. The summed E-state index contributed by atoms with van der Waals surface area (Å²) in [6.45, 7) is 6.19. The second-order valence-corrected chi connectivity index (χ2v) is 6.91. The molecule has 0 saturated carbocycles. The number of thiophene rings is 1. The van der Waals surface area contributed by atoms with Crippen LogP contribution in [0.15, 0.2) is 0 Å². The van der Waals surface area contributed by atoms with Crippen LogP contribution in [0, 0.1) is 5.92 Å². The first kappa shape index (κ1) is 14.4. The van der Waals surface area contributed by atoms with Gasteiger partial charge in [-0.15, -0.1) is 11.3 Å². The fraction of sp³-hybridized carbons (Fsp3) is 0.667. The topological polar surface area (TPSA) is 55.1 Å². The Hall–Kier alpha value is -1.03. The zero-order valence-electron chi connectivity index (χ0n) is 12.1. The Morgan fingerprint density at radius 3 is 2.89 bits per heavy atom. The predicted octanol–water partition coefficient (Wildman–Crippen LogP) is 3.37. The summed E-state index contributed by atoms with van der Waals surface area (Å²) >= 11 is 1.62. The maximum Gasteiger partial charge on any atom is 0.254 e. The van der Waals surface area contributed by atoms with Crippen LogP contribution >= 0.6 is 11.3 Å². The summed E-state index contributed by atoms with van der Waals surface area (Å²) in [6.07, 6.45) is 5.83. The van der Waals surface area contributed by atoms with Crippen molar-refractivity contribution in [3.63, 3.8) is 0 Å². The van der Waals surface area contributed by atoms with E-state index in [1.54, 1.807) is 11.3 Å². The van der Waals surface area contributed by atoms with Gasteiger partial charge >= 0.3 is 0 Å². The molecule has 1 atom stereocenters. The first-order chi connectivity index (χ1) is 9.02. The third kappa shape index (κ3) is 3.11. The minimum Gasteiger partial charge on any atom is -0.390 e. The molecule has 1 aliphatic carbocycles. The molecule has 0 aliphatic heterocycles. The van der Waals surface area contributed by atoms with Gasteiger partial charge in [-0.25, -0.2) is 0 Å². The first-order valence-corrected chi connectivity index (χ1v) is 8.05. The Balaban J connectivity index is 2.22. The summed E-state index contributed by atoms with van der Waals surface area (Å²) in [5.41, 5.74) is 8.04. The van der Waals surface area contributed by atoms with E-state index in [-0.39, 0.29) is 11.9 Å². The lowest BCUT2D eigenvalue weighted by Gasteiger charge is -2.22. The summed E-state index contributed by atoms with van der Waals surface area (Å²) in [5.74, 6) is 0.774. The summed E-state index contributed by atoms with van der Waals surface area (Å²) in [5, 5.41) is 3.65. The SMILES string of the molecule is CCCC1CCc2c(sc(N)c2C(=O)NC(C)C)C1. The fourth-order valence-electron chi connectivity index (χ4n) is 2.91. The van der Waals surface area contributed by atoms with Crippen LogP contribution in [0.3, 0.4) is 0 Å². The van der Waals surface area contributed by atoms with Gasteiger partial charge in [0.1, 0.15) is 0 Å². The van der Waals surface area contributed by atoms with Gasteiger partial charge in [0.2, 0.25) is 0 Å². The van der Waals surface area contributed by atoms with Crippen molar-refractivity contribution in [1.82, 2.24) is 5.32 Å². The maximum absolute atomic E-state index is 12.2. The van der Waals surface area contributed by atoms with Crippen LogP contribution in [0.1, 0.15) is 60.8 Å². The molecule has 1 unspecified atom stereocenters. The molecule has 1 aromatic rings. The molecule has 2 rings (SSSR count). The number of hydrogen-bond acceptors (Lipinski definition) is 3. The second kappa shape index (κ2) is 5.95. The summed E-state index contributed by atoms with van der Waals surface area (Å²) in [6, 6.07) is 0.152. The number of anilines is 1. The number of carbonyl (C=O) groups is 1. The van der Waals surface area contributed by atoms with Gasteiger partial charge in [0, 0.05) is 10.9 Å². The monoisotopic (exact) mass is 280 g/mol. The Morgan fingerprint density at radius 2 is 2.26 bits per heavy atom. The smallest absolute Gasteiger partial charge is 0.254 e. The Bertz CT molecular complexity index is 465. The van der Waals surface area contributed by atoms with Crippen molar-refractivity contribution in [1.29, 1.82) is 0 Å². The normalized spacial score (nSPS) is 18.4. The lowest BCUT2D eigenvalue weighted by Crippen LogP contribution is -2.31. The molecule has 0 bridgehead atoms.